The molecule has 0 radical (unpaired) electrons. The maximum atomic E-state index is 9.29. The second-order valence-corrected chi connectivity index (χ2v) is 5.56. The first-order chi connectivity index (χ1) is 7.68. The lowest BCUT2D eigenvalue weighted by atomic mass is 9.71. The second kappa shape index (κ2) is 6.61. The van der Waals surface area contributed by atoms with E-state index in [4.69, 9.17) is 5.73 Å². The van der Waals surface area contributed by atoms with E-state index in [1.165, 1.54) is 38.5 Å². The standard InChI is InChI=1S/C14H29NO/c1-3-12-6-5-8-14(9-7-12,10-11-16)13(15)4-2/h12-13,16H,3-11,15H2,1-2H3. The highest BCUT2D eigenvalue weighted by atomic mass is 16.3. The highest BCUT2D eigenvalue weighted by Crippen LogP contribution is 2.43. The predicted molar refractivity (Wildman–Crippen MR) is 69.3 cm³/mol. The largest absolute Gasteiger partial charge is 0.396 e. The molecule has 3 atom stereocenters. The summed E-state index contributed by atoms with van der Waals surface area (Å²) in [6, 6.07) is 0.273. The Morgan fingerprint density at radius 1 is 1.31 bits per heavy atom. The molecular weight excluding hydrogens is 198 g/mol. The Kier molecular flexibility index (Phi) is 5.77. The van der Waals surface area contributed by atoms with Crippen LogP contribution in [0.5, 0.6) is 0 Å². The van der Waals surface area contributed by atoms with Crippen LogP contribution in [-0.4, -0.2) is 17.8 Å². The van der Waals surface area contributed by atoms with Crippen molar-refractivity contribution in [1.29, 1.82) is 0 Å². The van der Waals surface area contributed by atoms with E-state index in [-0.39, 0.29) is 11.5 Å². The van der Waals surface area contributed by atoms with Crippen LogP contribution < -0.4 is 5.73 Å². The van der Waals surface area contributed by atoms with Gasteiger partial charge in [0.2, 0.25) is 0 Å². The van der Waals surface area contributed by atoms with Crippen LogP contribution in [0.1, 0.15) is 65.2 Å². The van der Waals surface area contributed by atoms with Crippen LogP contribution in [0.25, 0.3) is 0 Å². The molecule has 2 nitrogen and oxygen atoms in total. The van der Waals surface area contributed by atoms with Gasteiger partial charge in [-0.3, -0.25) is 0 Å². The molecule has 0 aromatic carbocycles. The summed E-state index contributed by atoms with van der Waals surface area (Å²) in [6.45, 7) is 4.76. The van der Waals surface area contributed by atoms with Crippen LogP contribution in [0, 0.1) is 11.3 Å². The minimum atomic E-state index is 0.230. The van der Waals surface area contributed by atoms with E-state index in [9.17, 15) is 5.11 Å². The zero-order valence-electron chi connectivity index (χ0n) is 11.0. The highest BCUT2D eigenvalue weighted by Gasteiger charge is 2.36. The van der Waals surface area contributed by atoms with E-state index < -0.39 is 0 Å². The summed E-state index contributed by atoms with van der Waals surface area (Å²) in [5, 5.41) is 9.29. The average molecular weight is 227 g/mol. The predicted octanol–water partition coefficient (Wildman–Crippen LogP) is 3.08. The Hall–Kier alpha value is -0.0800. The van der Waals surface area contributed by atoms with E-state index in [1.54, 1.807) is 0 Å². The smallest absolute Gasteiger partial charge is 0.0436 e. The molecule has 0 aromatic heterocycles. The van der Waals surface area contributed by atoms with Gasteiger partial charge in [-0.1, -0.05) is 33.1 Å². The van der Waals surface area contributed by atoms with E-state index in [2.05, 4.69) is 13.8 Å². The van der Waals surface area contributed by atoms with Gasteiger partial charge in [-0.15, -0.1) is 0 Å². The topological polar surface area (TPSA) is 46.2 Å². The third kappa shape index (κ3) is 3.21. The zero-order valence-corrected chi connectivity index (χ0v) is 11.0. The molecule has 1 saturated carbocycles. The molecule has 0 aliphatic heterocycles. The van der Waals surface area contributed by atoms with Crippen LogP contribution in [-0.2, 0) is 0 Å². The molecule has 1 aliphatic carbocycles. The molecule has 0 saturated heterocycles. The van der Waals surface area contributed by atoms with Crippen LogP contribution in [0.15, 0.2) is 0 Å². The van der Waals surface area contributed by atoms with Crippen molar-refractivity contribution in [3.8, 4) is 0 Å². The fourth-order valence-electron chi connectivity index (χ4n) is 3.37. The number of aliphatic hydroxyl groups is 1. The molecule has 0 spiro atoms. The summed E-state index contributed by atoms with van der Waals surface area (Å²) in [6.07, 6.45) is 9.66. The van der Waals surface area contributed by atoms with Crippen molar-refractivity contribution in [3.05, 3.63) is 0 Å². The molecule has 0 amide bonds. The van der Waals surface area contributed by atoms with Crippen molar-refractivity contribution < 1.29 is 5.11 Å². The maximum Gasteiger partial charge on any atom is 0.0436 e. The van der Waals surface area contributed by atoms with Gasteiger partial charge < -0.3 is 10.8 Å². The van der Waals surface area contributed by atoms with Crippen LogP contribution in [0.2, 0.25) is 0 Å². The summed E-state index contributed by atoms with van der Waals surface area (Å²) in [5.41, 5.74) is 6.54. The Morgan fingerprint density at radius 2 is 2.06 bits per heavy atom. The molecule has 1 aliphatic rings. The Morgan fingerprint density at radius 3 is 2.62 bits per heavy atom. The van der Waals surface area contributed by atoms with Crippen LogP contribution >= 0.6 is 0 Å². The summed E-state index contributed by atoms with van der Waals surface area (Å²) in [5.74, 6) is 0.893. The first-order valence-corrected chi connectivity index (χ1v) is 7.05. The monoisotopic (exact) mass is 227 g/mol. The molecule has 1 rings (SSSR count). The minimum absolute atomic E-state index is 0.230. The maximum absolute atomic E-state index is 9.29. The summed E-state index contributed by atoms with van der Waals surface area (Å²) >= 11 is 0. The van der Waals surface area contributed by atoms with Gasteiger partial charge in [-0.2, -0.15) is 0 Å². The third-order valence-electron chi connectivity index (χ3n) is 4.75. The van der Waals surface area contributed by atoms with Gasteiger partial charge in [0.25, 0.3) is 0 Å². The van der Waals surface area contributed by atoms with Gasteiger partial charge >= 0.3 is 0 Å². The normalized spacial score (nSPS) is 33.4. The molecule has 16 heavy (non-hydrogen) atoms. The highest BCUT2D eigenvalue weighted by molar-refractivity contribution is 4.91. The lowest BCUT2D eigenvalue weighted by molar-refractivity contribution is 0.122. The van der Waals surface area contributed by atoms with Crippen molar-refractivity contribution in [2.45, 2.75) is 71.3 Å². The molecule has 0 bridgehead atoms. The van der Waals surface area contributed by atoms with Crippen LogP contribution in [0.3, 0.4) is 0 Å². The average Bonchev–Trinajstić information content (AvgIpc) is 2.52. The molecule has 96 valence electrons. The molecule has 0 aromatic rings. The SMILES string of the molecule is CCC1CCCC(CCO)(C(N)CC)CC1. The van der Waals surface area contributed by atoms with E-state index in [0.29, 0.717) is 6.61 Å². The van der Waals surface area contributed by atoms with Gasteiger partial charge in [-0.05, 0) is 43.4 Å². The molecule has 0 heterocycles. The fourth-order valence-corrected chi connectivity index (χ4v) is 3.37. The van der Waals surface area contributed by atoms with Gasteiger partial charge in [0.1, 0.15) is 0 Å². The first-order valence-electron chi connectivity index (χ1n) is 7.05. The van der Waals surface area contributed by atoms with E-state index in [1.807, 2.05) is 0 Å². The Labute approximate surface area is 101 Å². The van der Waals surface area contributed by atoms with Crippen molar-refractivity contribution in [3.63, 3.8) is 0 Å². The third-order valence-corrected chi connectivity index (χ3v) is 4.75. The molecular formula is C14H29NO. The Balaban J connectivity index is 2.69. The van der Waals surface area contributed by atoms with Gasteiger partial charge in [0, 0.05) is 12.6 Å². The number of hydrogen-bond donors (Lipinski definition) is 2. The number of aliphatic hydroxyl groups excluding tert-OH is 1. The Bertz CT molecular complexity index is 195. The summed E-state index contributed by atoms with van der Waals surface area (Å²) in [4.78, 5) is 0. The van der Waals surface area contributed by atoms with E-state index >= 15 is 0 Å². The molecule has 3 unspecified atom stereocenters. The minimum Gasteiger partial charge on any atom is -0.396 e. The van der Waals surface area contributed by atoms with E-state index in [0.717, 1.165) is 18.8 Å². The van der Waals surface area contributed by atoms with Gasteiger partial charge in [0.15, 0.2) is 0 Å². The zero-order chi connectivity index (χ0) is 12.0. The second-order valence-electron chi connectivity index (χ2n) is 5.56. The summed E-state index contributed by atoms with van der Waals surface area (Å²) in [7, 11) is 0. The van der Waals surface area contributed by atoms with Gasteiger partial charge in [0.05, 0.1) is 0 Å². The van der Waals surface area contributed by atoms with Crippen molar-refractivity contribution >= 4 is 0 Å². The number of hydrogen-bond acceptors (Lipinski definition) is 2. The molecule has 1 fully saturated rings. The number of nitrogens with two attached hydrogens (primary N) is 1. The van der Waals surface area contributed by atoms with Crippen molar-refractivity contribution in [2.24, 2.45) is 17.1 Å². The lowest BCUT2D eigenvalue weighted by Gasteiger charge is -2.38. The van der Waals surface area contributed by atoms with Crippen molar-refractivity contribution in [1.82, 2.24) is 0 Å². The summed E-state index contributed by atoms with van der Waals surface area (Å²) < 4.78 is 0. The lowest BCUT2D eigenvalue weighted by Crippen LogP contribution is -2.41. The first kappa shape index (κ1) is 14.0. The molecule has 3 N–H and O–H groups in total. The fraction of sp³-hybridized carbons (Fsp3) is 1.00. The number of rotatable bonds is 5. The van der Waals surface area contributed by atoms with Crippen LogP contribution in [0.4, 0.5) is 0 Å². The van der Waals surface area contributed by atoms with Crippen molar-refractivity contribution in [2.75, 3.05) is 6.61 Å². The quantitative estimate of drug-likeness (QED) is 0.709. The molecule has 2 heteroatoms. The van der Waals surface area contributed by atoms with Gasteiger partial charge in [-0.25, -0.2) is 0 Å².